The molecule has 0 bridgehead atoms. The fourth-order valence-electron chi connectivity index (χ4n) is 2.99. The molecule has 4 rings (SSSR count). The summed E-state index contributed by atoms with van der Waals surface area (Å²) in [6.07, 6.45) is 1.54. The highest BCUT2D eigenvalue weighted by Gasteiger charge is 2.17. The molecule has 1 amide bonds. The number of aromatic nitrogens is 1. The van der Waals surface area contributed by atoms with Gasteiger partial charge in [0.1, 0.15) is 17.1 Å². The van der Waals surface area contributed by atoms with E-state index in [0.717, 1.165) is 11.3 Å². The molecule has 5 nitrogen and oxygen atoms in total. The second-order valence-electron chi connectivity index (χ2n) is 6.36. The zero-order chi connectivity index (χ0) is 20.1. The molecule has 0 spiro atoms. The van der Waals surface area contributed by atoms with Crippen molar-refractivity contribution in [1.29, 1.82) is 0 Å². The van der Waals surface area contributed by atoms with E-state index in [2.05, 4.69) is 10.3 Å². The molecule has 0 saturated heterocycles. The van der Waals surface area contributed by atoms with E-state index in [9.17, 15) is 9.59 Å². The van der Waals surface area contributed by atoms with E-state index in [-0.39, 0.29) is 5.56 Å². The van der Waals surface area contributed by atoms with Gasteiger partial charge in [0.25, 0.3) is 11.5 Å². The Hall–Kier alpha value is -4.12. The first kappa shape index (κ1) is 18.3. The lowest BCUT2D eigenvalue weighted by atomic mass is 10.0. The van der Waals surface area contributed by atoms with Gasteiger partial charge in [-0.15, -0.1) is 0 Å². The van der Waals surface area contributed by atoms with Crippen LogP contribution in [0.5, 0.6) is 11.5 Å². The lowest BCUT2D eigenvalue weighted by molar-refractivity contribution is 0.102. The number of hydrogen-bond acceptors (Lipinski definition) is 3. The predicted molar refractivity (Wildman–Crippen MR) is 113 cm³/mol. The average molecular weight is 382 g/mol. The number of amides is 1. The fraction of sp³-hybridized carbons (Fsp3) is 0. The first-order valence-electron chi connectivity index (χ1n) is 9.12. The van der Waals surface area contributed by atoms with Crippen molar-refractivity contribution in [1.82, 2.24) is 4.98 Å². The Labute approximate surface area is 167 Å². The van der Waals surface area contributed by atoms with Gasteiger partial charge in [0, 0.05) is 17.4 Å². The van der Waals surface area contributed by atoms with Crippen LogP contribution in [0.25, 0.3) is 11.1 Å². The molecule has 0 saturated carbocycles. The first-order valence-corrected chi connectivity index (χ1v) is 9.12. The van der Waals surface area contributed by atoms with Crippen LogP contribution in [0.1, 0.15) is 10.4 Å². The molecular weight excluding hydrogens is 364 g/mol. The lowest BCUT2D eigenvalue weighted by Crippen LogP contribution is -2.24. The summed E-state index contributed by atoms with van der Waals surface area (Å²) in [6.45, 7) is 0. The molecule has 5 heteroatoms. The number of anilines is 1. The molecule has 0 radical (unpaired) electrons. The van der Waals surface area contributed by atoms with Crippen LogP contribution in [-0.4, -0.2) is 10.9 Å². The summed E-state index contributed by atoms with van der Waals surface area (Å²) < 4.78 is 5.75. The number of rotatable bonds is 5. The molecule has 0 aliphatic carbocycles. The summed E-state index contributed by atoms with van der Waals surface area (Å²) in [5.74, 6) is 0.909. The van der Waals surface area contributed by atoms with Gasteiger partial charge in [-0.05, 0) is 48.0 Å². The molecular formula is C24H18N2O3. The molecule has 4 aromatic rings. The molecule has 0 unspecified atom stereocenters. The highest BCUT2D eigenvalue weighted by molar-refractivity contribution is 6.08. The number of nitrogens with one attached hydrogen (secondary N) is 2. The van der Waals surface area contributed by atoms with Crippen molar-refractivity contribution in [3.05, 3.63) is 113 Å². The highest BCUT2D eigenvalue weighted by atomic mass is 16.5. The summed E-state index contributed by atoms with van der Waals surface area (Å²) in [6, 6.07) is 27.5. The topological polar surface area (TPSA) is 71.2 Å². The molecule has 0 fully saturated rings. The van der Waals surface area contributed by atoms with Crippen molar-refractivity contribution < 1.29 is 9.53 Å². The van der Waals surface area contributed by atoms with E-state index < -0.39 is 11.5 Å². The quantitative estimate of drug-likeness (QED) is 0.505. The summed E-state index contributed by atoms with van der Waals surface area (Å²) in [5.41, 5.74) is 1.58. The van der Waals surface area contributed by atoms with Crippen LogP contribution >= 0.6 is 0 Å². The molecule has 0 aliphatic heterocycles. The Bertz CT molecular complexity index is 1170. The SMILES string of the molecule is O=C(Nc1ccc(Oc2ccccc2)cc1)c1c(-c2ccccc2)cc[nH]c1=O. The van der Waals surface area contributed by atoms with E-state index in [4.69, 9.17) is 4.74 Å². The van der Waals surface area contributed by atoms with Crippen molar-refractivity contribution in [3.63, 3.8) is 0 Å². The van der Waals surface area contributed by atoms with Crippen molar-refractivity contribution in [2.24, 2.45) is 0 Å². The van der Waals surface area contributed by atoms with Gasteiger partial charge in [-0.25, -0.2) is 0 Å². The van der Waals surface area contributed by atoms with Crippen LogP contribution in [0.2, 0.25) is 0 Å². The van der Waals surface area contributed by atoms with Crippen LogP contribution in [-0.2, 0) is 0 Å². The van der Waals surface area contributed by atoms with Crippen LogP contribution < -0.4 is 15.6 Å². The van der Waals surface area contributed by atoms with E-state index in [1.807, 2.05) is 60.7 Å². The third kappa shape index (κ3) is 4.25. The number of ether oxygens (including phenoxy) is 1. The highest BCUT2D eigenvalue weighted by Crippen LogP contribution is 2.24. The molecule has 1 heterocycles. The first-order chi connectivity index (χ1) is 14.2. The number of pyridine rings is 1. The third-order valence-corrected chi connectivity index (χ3v) is 4.36. The zero-order valence-electron chi connectivity index (χ0n) is 15.5. The number of aromatic amines is 1. The summed E-state index contributed by atoms with van der Waals surface area (Å²) in [5, 5.41) is 2.79. The second-order valence-corrected chi connectivity index (χ2v) is 6.36. The van der Waals surface area contributed by atoms with Gasteiger partial charge in [-0.3, -0.25) is 9.59 Å². The Morgan fingerprint density at radius 1 is 0.759 bits per heavy atom. The molecule has 1 aromatic heterocycles. The normalized spacial score (nSPS) is 10.3. The van der Waals surface area contributed by atoms with Gasteiger partial charge in [0.15, 0.2) is 0 Å². The van der Waals surface area contributed by atoms with E-state index >= 15 is 0 Å². The van der Waals surface area contributed by atoms with Crippen molar-refractivity contribution >= 4 is 11.6 Å². The summed E-state index contributed by atoms with van der Waals surface area (Å²) in [7, 11) is 0. The maximum Gasteiger partial charge on any atom is 0.261 e. The van der Waals surface area contributed by atoms with Crippen molar-refractivity contribution in [3.8, 4) is 22.6 Å². The molecule has 2 N–H and O–H groups in total. The third-order valence-electron chi connectivity index (χ3n) is 4.36. The minimum absolute atomic E-state index is 0.0725. The smallest absolute Gasteiger partial charge is 0.261 e. The number of benzene rings is 3. The Morgan fingerprint density at radius 3 is 2.07 bits per heavy atom. The predicted octanol–water partition coefficient (Wildman–Crippen LogP) is 5.09. The molecule has 3 aromatic carbocycles. The van der Waals surface area contributed by atoms with E-state index in [1.54, 1.807) is 30.3 Å². The molecule has 29 heavy (non-hydrogen) atoms. The Morgan fingerprint density at radius 2 is 1.38 bits per heavy atom. The minimum atomic E-state index is -0.470. The van der Waals surface area contributed by atoms with Crippen molar-refractivity contribution in [2.75, 3.05) is 5.32 Å². The standard InChI is InChI=1S/C24H18N2O3/c27-23-22(21(15-16-25-23)17-7-3-1-4-8-17)24(28)26-18-11-13-20(14-12-18)29-19-9-5-2-6-10-19/h1-16H,(H,25,27)(H,26,28). The molecule has 0 atom stereocenters. The summed E-state index contributed by atoms with van der Waals surface area (Å²) in [4.78, 5) is 27.8. The minimum Gasteiger partial charge on any atom is -0.457 e. The summed E-state index contributed by atoms with van der Waals surface area (Å²) >= 11 is 0. The van der Waals surface area contributed by atoms with Gasteiger partial charge in [0.05, 0.1) is 0 Å². The largest absolute Gasteiger partial charge is 0.457 e. The number of H-pyrrole nitrogens is 1. The zero-order valence-corrected chi connectivity index (χ0v) is 15.5. The van der Waals surface area contributed by atoms with Crippen LogP contribution in [0, 0.1) is 0 Å². The number of carbonyl (C=O) groups excluding carboxylic acids is 1. The monoisotopic (exact) mass is 382 g/mol. The number of para-hydroxylation sites is 1. The number of hydrogen-bond donors (Lipinski definition) is 2. The number of carbonyl (C=O) groups is 1. The fourth-order valence-corrected chi connectivity index (χ4v) is 2.99. The average Bonchev–Trinajstić information content (AvgIpc) is 2.76. The van der Waals surface area contributed by atoms with Gasteiger partial charge in [0.2, 0.25) is 0 Å². The molecule has 0 aliphatic rings. The van der Waals surface area contributed by atoms with Crippen molar-refractivity contribution in [2.45, 2.75) is 0 Å². The van der Waals surface area contributed by atoms with E-state index in [0.29, 0.717) is 17.0 Å². The maximum atomic E-state index is 12.8. The Balaban J connectivity index is 1.55. The van der Waals surface area contributed by atoms with E-state index in [1.165, 1.54) is 6.20 Å². The lowest BCUT2D eigenvalue weighted by Gasteiger charge is -2.10. The van der Waals surface area contributed by atoms with Crippen LogP contribution in [0.3, 0.4) is 0 Å². The van der Waals surface area contributed by atoms with Gasteiger partial charge < -0.3 is 15.0 Å². The van der Waals surface area contributed by atoms with Crippen LogP contribution in [0.4, 0.5) is 5.69 Å². The molecule has 142 valence electrons. The Kier molecular flexibility index (Phi) is 5.21. The van der Waals surface area contributed by atoms with Crippen LogP contribution in [0.15, 0.2) is 102 Å². The van der Waals surface area contributed by atoms with Gasteiger partial charge >= 0.3 is 0 Å². The maximum absolute atomic E-state index is 12.8. The second kappa shape index (κ2) is 8.27. The van der Waals surface area contributed by atoms with Gasteiger partial charge in [-0.1, -0.05) is 48.5 Å². The van der Waals surface area contributed by atoms with Gasteiger partial charge in [-0.2, -0.15) is 0 Å².